The number of fused-ring (bicyclic) bond motifs is 2. The van der Waals surface area contributed by atoms with Crippen molar-refractivity contribution in [2.75, 3.05) is 85.3 Å². The molecule has 2 aromatic rings. The highest BCUT2D eigenvalue weighted by Gasteiger charge is 2.24. The van der Waals surface area contributed by atoms with Gasteiger partial charge in [0.2, 0.25) is 24.0 Å². The smallest absolute Gasteiger partial charge is 0.326 e. The minimum absolute atomic E-state index is 0.00949. The number of carbonyl (C=O) groups excluding carboxylic acids is 3. The third kappa shape index (κ3) is 14.9. The molecule has 3 amide bonds. The molecule has 0 saturated heterocycles. The number of carbonyl (C=O) groups is 7. The van der Waals surface area contributed by atoms with Crippen LogP contribution in [0, 0.1) is 0 Å². The van der Waals surface area contributed by atoms with Gasteiger partial charge in [-0.1, -0.05) is 0 Å². The van der Waals surface area contributed by atoms with Gasteiger partial charge in [-0.3, -0.25) is 52.9 Å². The van der Waals surface area contributed by atoms with E-state index in [1.807, 2.05) is 0 Å². The summed E-state index contributed by atoms with van der Waals surface area (Å²) in [7, 11) is 0. The number of benzene rings is 1. The molecule has 0 aliphatic carbocycles. The molecular weight excluding hydrogens is 758 g/mol. The summed E-state index contributed by atoms with van der Waals surface area (Å²) in [4.78, 5) is 102. The second kappa shape index (κ2) is 22.6. The van der Waals surface area contributed by atoms with Gasteiger partial charge in [0.25, 0.3) is 5.91 Å². The van der Waals surface area contributed by atoms with Gasteiger partial charge in [0.05, 0.1) is 43.6 Å². The van der Waals surface area contributed by atoms with Crippen LogP contribution in [0.5, 0.6) is 11.5 Å². The Bertz CT molecular complexity index is 1840. The van der Waals surface area contributed by atoms with Crippen LogP contribution in [0.1, 0.15) is 36.7 Å². The number of nitrogens with one attached hydrogen (secondary N) is 3. The van der Waals surface area contributed by atoms with E-state index in [0.29, 0.717) is 42.9 Å². The molecule has 1 aliphatic rings. The van der Waals surface area contributed by atoms with Crippen molar-refractivity contribution in [3.63, 3.8) is 0 Å². The summed E-state index contributed by atoms with van der Waals surface area (Å²) >= 11 is 0. The normalized spacial score (nSPS) is 12.5. The first-order chi connectivity index (χ1) is 27.1. The van der Waals surface area contributed by atoms with Crippen LogP contribution in [-0.2, 0) is 35.3 Å². The molecule has 9 N–H and O–H groups in total. The second-order valence-corrected chi connectivity index (χ2v) is 12.9. The Balaban J connectivity index is 1.54. The lowest BCUT2D eigenvalue weighted by Crippen LogP contribution is -2.49. The Morgan fingerprint density at radius 3 is 1.89 bits per heavy atom. The standard InChI is InChI=1S/C34H49N9O14/c1-2-43-23-14-25-24(56-20-57-25)13-21(23)32(52)31(39-43)33(53)37-8-7-36-26(44)15-41(18-29(48)49)11-9-40(17-28(46)47)10-12-42(19-30(50)51)16-27(45)38-22(34(54)55)5-3-4-6-35/h13-14,22H,2-12,15-20,35H2,1H3,(H,36,44)(H,37,53)(H,38,45)(H,46,47)(H,48,49)(H,50,51)(H,54,55)/t22-/m0/s1. The Morgan fingerprint density at radius 2 is 1.33 bits per heavy atom. The summed E-state index contributed by atoms with van der Waals surface area (Å²) < 4.78 is 12.2. The topological polar surface area (TPSA) is 326 Å². The number of amides is 3. The van der Waals surface area contributed by atoms with Crippen LogP contribution in [-0.4, -0.2) is 178 Å². The molecule has 1 aliphatic heterocycles. The third-order valence-electron chi connectivity index (χ3n) is 8.55. The van der Waals surface area contributed by atoms with Crippen LogP contribution in [0.2, 0.25) is 0 Å². The molecule has 1 atom stereocenters. The summed E-state index contributed by atoms with van der Waals surface area (Å²) in [5.74, 6) is -6.43. The molecule has 23 nitrogen and oxygen atoms in total. The van der Waals surface area contributed by atoms with Crippen molar-refractivity contribution in [1.82, 2.24) is 40.4 Å². The molecule has 1 aromatic heterocycles. The molecule has 0 bridgehead atoms. The van der Waals surface area contributed by atoms with Crippen LogP contribution in [0.3, 0.4) is 0 Å². The summed E-state index contributed by atoms with van der Waals surface area (Å²) in [5, 5.41) is 49.6. The maximum absolute atomic E-state index is 13.2. The zero-order valence-electron chi connectivity index (χ0n) is 31.4. The molecule has 1 aromatic carbocycles. The molecule has 3 rings (SSSR count). The number of hydrogen-bond acceptors (Lipinski definition) is 15. The number of aliphatic carboxylic acids is 4. The number of hydrogen-bond donors (Lipinski definition) is 8. The Kier molecular flexibility index (Phi) is 18.0. The highest BCUT2D eigenvalue weighted by molar-refractivity contribution is 5.96. The summed E-state index contributed by atoms with van der Waals surface area (Å²) in [6.45, 7) is -0.831. The molecule has 0 saturated carbocycles. The number of rotatable bonds is 27. The largest absolute Gasteiger partial charge is 0.480 e. The zero-order chi connectivity index (χ0) is 42.1. The van der Waals surface area contributed by atoms with Gasteiger partial charge in [0, 0.05) is 51.9 Å². The highest BCUT2D eigenvalue weighted by Crippen LogP contribution is 2.35. The molecule has 0 unspecified atom stereocenters. The number of carboxylic acid groups (broad SMARTS) is 4. The first-order valence-corrected chi connectivity index (χ1v) is 18.1. The van der Waals surface area contributed by atoms with Crippen molar-refractivity contribution in [1.29, 1.82) is 0 Å². The molecule has 23 heteroatoms. The first kappa shape index (κ1) is 45.5. The monoisotopic (exact) mass is 807 g/mol. The van der Waals surface area contributed by atoms with Crippen molar-refractivity contribution in [2.24, 2.45) is 5.73 Å². The minimum atomic E-state index is -1.29. The Labute approximate surface area is 325 Å². The van der Waals surface area contributed by atoms with Gasteiger partial charge in [-0.25, -0.2) is 4.79 Å². The number of ether oxygens (including phenoxy) is 2. The van der Waals surface area contributed by atoms with Crippen molar-refractivity contribution >= 4 is 52.5 Å². The number of nitrogens with two attached hydrogens (primary N) is 1. The minimum Gasteiger partial charge on any atom is -0.480 e. The van der Waals surface area contributed by atoms with E-state index in [1.54, 1.807) is 13.0 Å². The number of nitrogens with zero attached hydrogens (tertiary/aromatic N) is 5. The lowest BCUT2D eigenvalue weighted by molar-refractivity contribution is -0.143. The van der Waals surface area contributed by atoms with Crippen molar-refractivity contribution < 1.29 is 63.5 Å². The van der Waals surface area contributed by atoms with E-state index < -0.39 is 85.8 Å². The number of aryl methyl sites for hydroxylation is 1. The first-order valence-electron chi connectivity index (χ1n) is 18.1. The third-order valence-corrected chi connectivity index (χ3v) is 8.55. The maximum atomic E-state index is 13.2. The predicted molar refractivity (Wildman–Crippen MR) is 198 cm³/mol. The second-order valence-electron chi connectivity index (χ2n) is 12.9. The quantitative estimate of drug-likeness (QED) is 0.0413. The predicted octanol–water partition coefficient (Wildman–Crippen LogP) is -3.15. The van der Waals surface area contributed by atoms with Gasteiger partial charge in [0.1, 0.15) is 6.04 Å². The number of aromatic nitrogens is 2. The number of carboxylic acids is 4. The van der Waals surface area contributed by atoms with E-state index in [9.17, 15) is 58.8 Å². The van der Waals surface area contributed by atoms with Crippen molar-refractivity contribution in [2.45, 2.75) is 38.8 Å². The van der Waals surface area contributed by atoms with E-state index in [4.69, 9.17) is 15.2 Å². The molecule has 0 radical (unpaired) electrons. The molecule has 0 spiro atoms. The molecule has 57 heavy (non-hydrogen) atoms. The van der Waals surface area contributed by atoms with Gasteiger partial charge < -0.3 is 51.6 Å². The summed E-state index contributed by atoms with van der Waals surface area (Å²) in [6, 6.07) is 1.88. The van der Waals surface area contributed by atoms with E-state index in [0.717, 1.165) is 0 Å². The average molecular weight is 808 g/mol. The SMILES string of the molecule is CCn1nc(C(=O)NCCNC(=O)CN(CCN(CCN(CC(=O)O)CC(=O)N[C@@H](CCCCN)C(=O)O)CC(=O)O)CC(=O)O)c(=O)c2cc3c(cc21)OCO3. The van der Waals surface area contributed by atoms with Crippen molar-refractivity contribution in [3.05, 3.63) is 28.0 Å². The lowest BCUT2D eigenvalue weighted by Gasteiger charge is -2.28. The average Bonchev–Trinajstić information content (AvgIpc) is 3.60. The fourth-order valence-corrected chi connectivity index (χ4v) is 5.82. The van der Waals surface area contributed by atoms with Crippen LogP contribution in [0.15, 0.2) is 16.9 Å². The highest BCUT2D eigenvalue weighted by atomic mass is 16.7. The Morgan fingerprint density at radius 1 is 0.789 bits per heavy atom. The fraction of sp³-hybridized carbons (Fsp3) is 0.559. The fourth-order valence-electron chi connectivity index (χ4n) is 5.82. The van der Waals surface area contributed by atoms with Gasteiger partial charge in [-0.05, 0) is 38.8 Å². The van der Waals surface area contributed by atoms with Crippen LogP contribution in [0.25, 0.3) is 10.9 Å². The molecular formula is C34H49N9O14. The van der Waals surface area contributed by atoms with E-state index in [1.165, 1.54) is 25.4 Å². The van der Waals surface area contributed by atoms with E-state index in [-0.39, 0.29) is 63.6 Å². The van der Waals surface area contributed by atoms with Gasteiger partial charge in [-0.2, -0.15) is 5.10 Å². The van der Waals surface area contributed by atoms with Crippen LogP contribution in [0.4, 0.5) is 0 Å². The molecule has 314 valence electrons. The van der Waals surface area contributed by atoms with Gasteiger partial charge in [-0.15, -0.1) is 0 Å². The lowest BCUT2D eigenvalue weighted by atomic mass is 10.1. The van der Waals surface area contributed by atoms with E-state index >= 15 is 0 Å². The molecule has 2 heterocycles. The Hall–Kier alpha value is -5.91. The maximum Gasteiger partial charge on any atom is 0.326 e. The van der Waals surface area contributed by atoms with Gasteiger partial charge in [0.15, 0.2) is 17.2 Å². The summed E-state index contributed by atoms with van der Waals surface area (Å²) in [5.41, 5.74) is 4.89. The van der Waals surface area contributed by atoms with Gasteiger partial charge >= 0.3 is 23.9 Å². The zero-order valence-corrected chi connectivity index (χ0v) is 31.4. The van der Waals surface area contributed by atoms with Crippen molar-refractivity contribution in [3.8, 4) is 11.5 Å². The van der Waals surface area contributed by atoms with E-state index in [2.05, 4.69) is 21.0 Å². The number of unbranched alkanes of at least 4 members (excludes halogenated alkanes) is 1. The van der Waals surface area contributed by atoms with Crippen LogP contribution >= 0.6 is 0 Å². The summed E-state index contributed by atoms with van der Waals surface area (Å²) in [6.07, 6.45) is 1.11. The van der Waals surface area contributed by atoms with Crippen LogP contribution < -0.4 is 36.6 Å². The molecule has 0 fully saturated rings.